The lowest BCUT2D eigenvalue weighted by molar-refractivity contribution is 0.103. The molecule has 0 fully saturated rings. The molecule has 1 heterocycles. The van der Waals surface area contributed by atoms with Gasteiger partial charge in [-0.25, -0.2) is 13.8 Å². The number of nitrogens with zero attached hydrogens (tertiary/aromatic N) is 1. The quantitative estimate of drug-likeness (QED) is 0.852. The number of nitrogens with two attached hydrogens (primary N) is 1. The first-order valence-electron chi connectivity index (χ1n) is 4.90. The third-order valence-corrected chi connectivity index (χ3v) is 2.51. The largest absolute Gasteiger partial charge is 0.383 e. The molecule has 0 amide bonds. The molecule has 92 valence electrons. The Kier molecular flexibility index (Phi) is 3.25. The summed E-state index contributed by atoms with van der Waals surface area (Å²) in [4.78, 5) is 15.7. The first kappa shape index (κ1) is 12.4. The van der Waals surface area contributed by atoms with Gasteiger partial charge in [-0.1, -0.05) is 11.6 Å². The standard InChI is InChI=1S/C12H7ClF2N2O/c13-6-3-9(12(16)17-5-6)11(18)8-2-1-7(14)4-10(8)15/h1-5H,(H2,16,17). The minimum atomic E-state index is -0.959. The van der Waals surface area contributed by atoms with E-state index >= 15 is 0 Å². The molecule has 0 aliphatic rings. The molecule has 0 spiro atoms. The Balaban J connectivity index is 2.51. The van der Waals surface area contributed by atoms with Crippen LogP contribution < -0.4 is 5.73 Å². The second-order valence-electron chi connectivity index (χ2n) is 3.54. The van der Waals surface area contributed by atoms with Gasteiger partial charge in [0.1, 0.15) is 17.5 Å². The van der Waals surface area contributed by atoms with Crippen LogP contribution in [0.3, 0.4) is 0 Å². The summed E-state index contributed by atoms with van der Waals surface area (Å²) in [5.74, 6) is -2.48. The number of halogens is 3. The van der Waals surface area contributed by atoms with Crippen LogP contribution in [0.25, 0.3) is 0 Å². The summed E-state index contributed by atoms with van der Waals surface area (Å²) in [7, 11) is 0. The normalized spacial score (nSPS) is 10.4. The van der Waals surface area contributed by atoms with Crippen LogP contribution in [0.5, 0.6) is 0 Å². The van der Waals surface area contributed by atoms with Gasteiger partial charge in [-0.2, -0.15) is 0 Å². The average molecular weight is 269 g/mol. The summed E-state index contributed by atoms with van der Waals surface area (Å²) in [5.41, 5.74) is 5.22. The lowest BCUT2D eigenvalue weighted by atomic mass is 10.0. The van der Waals surface area contributed by atoms with E-state index in [2.05, 4.69) is 4.98 Å². The number of hydrogen-bond donors (Lipinski definition) is 1. The highest BCUT2D eigenvalue weighted by atomic mass is 35.5. The zero-order chi connectivity index (χ0) is 13.3. The SMILES string of the molecule is Nc1ncc(Cl)cc1C(=O)c1ccc(F)cc1F. The van der Waals surface area contributed by atoms with Gasteiger partial charge in [0, 0.05) is 12.3 Å². The van der Waals surface area contributed by atoms with Gasteiger partial charge in [0.25, 0.3) is 0 Å². The highest BCUT2D eigenvalue weighted by Gasteiger charge is 2.18. The fourth-order valence-electron chi connectivity index (χ4n) is 1.45. The Morgan fingerprint density at radius 2 is 1.94 bits per heavy atom. The number of hydrogen-bond acceptors (Lipinski definition) is 3. The summed E-state index contributed by atoms with van der Waals surface area (Å²) in [5, 5.41) is 0.204. The van der Waals surface area contributed by atoms with Crippen LogP contribution in [0, 0.1) is 11.6 Å². The van der Waals surface area contributed by atoms with E-state index in [1.54, 1.807) is 0 Å². The molecule has 18 heavy (non-hydrogen) atoms. The summed E-state index contributed by atoms with van der Waals surface area (Å²) < 4.78 is 26.2. The first-order valence-corrected chi connectivity index (χ1v) is 5.27. The minimum Gasteiger partial charge on any atom is -0.383 e. The van der Waals surface area contributed by atoms with Crippen LogP contribution >= 0.6 is 11.6 Å². The highest BCUT2D eigenvalue weighted by molar-refractivity contribution is 6.31. The molecule has 6 heteroatoms. The monoisotopic (exact) mass is 268 g/mol. The summed E-state index contributed by atoms with van der Waals surface area (Å²) in [6.07, 6.45) is 1.27. The molecule has 2 N–H and O–H groups in total. The lowest BCUT2D eigenvalue weighted by Gasteiger charge is -2.05. The van der Waals surface area contributed by atoms with E-state index in [1.807, 2.05) is 0 Å². The molecular weight excluding hydrogens is 262 g/mol. The summed E-state index contributed by atoms with van der Waals surface area (Å²) in [6, 6.07) is 3.95. The van der Waals surface area contributed by atoms with Crippen LogP contribution in [-0.4, -0.2) is 10.8 Å². The van der Waals surface area contributed by atoms with Crippen molar-refractivity contribution in [2.75, 3.05) is 5.73 Å². The maximum absolute atomic E-state index is 13.5. The van der Waals surface area contributed by atoms with Crippen molar-refractivity contribution in [2.24, 2.45) is 0 Å². The number of aromatic nitrogens is 1. The van der Waals surface area contributed by atoms with Gasteiger partial charge in [-0.15, -0.1) is 0 Å². The Morgan fingerprint density at radius 1 is 1.22 bits per heavy atom. The smallest absolute Gasteiger partial charge is 0.199 e. The minimum absolute atomic E-state index is 0.0204. The zero-order valence-electron chi connectivity index (χ0n) is 8.95. The average Bonchev–Trinajstić information content (AvgIpc) is 2.31. The van der Waals surface area contributed by atoms with Crippen molar-refractivity contribution in [3.8, 4) is 0 Å². The highest BCUT2D eigenvalue weighted by Crippen LogP contribution is 2.20. The number of anilines is 1. The number of nitrogen functional groups attached to an aromatic ring is 1. The van der Waals surface area contributed by atoms with Crippen molar-refractivity contribution in [1.29, 1.82) is 0 Å². The molecule has 0 atom stereocenters. The Hall–Kier alpha value is -2.01. The molecular formula is C12H7ClF2N2O. The molecule has 0 saturated carbocycles. The predicted octanol–water partition coefficient (Wildman–Crippen LogP) is 2.83. The maximum atomic E-state index is 13.5. The summed E-state index contributed by atoms with van der Waals surface area (Å²) in [6.45, 7) is 0. The van der Waals surface area contributed by atoms with E-state index in [-0.39, 0.29) is 22.0 Å². The first-order chi connectivity index (χ1) is 8.49. The van der Waals surface area contributed by atoms with Gasteiger partial charge in [-0.3, -0.25) is 4.79 Å². The number of benzene rings is 1. The lowest BCUT2D eigenvalue weighted by Crippen LogP contribution is -2.09. The second kappa shape index (κ2) is 4.70. The van der Waals surface area contributed by atoms with Gasteiger partial charge in [0.05, 0.1) is 16.1 Å². The molecule has 0 saturated heterocycles. The van der Waals surface area contributed by atoms with Crippen LogP contribution in [0.2, 0.25) is 5.02 Å². The number of carbonyl (C=O) groups is 1. The van der Waals surface area contributed by atoms with Gasteiger partial charge >= 0.3 is 0 Å². The number of carbonyl (C=O) groups excluding carboxylic acids is 1. The Bertz CT molecular complexity index is 631. The molecule has 1 aromatic heterocycles. The van der Waals surface area contributed by atoms with E-state index < -0.39 is 17.4 Å². The third-order valence-electron chi connectivity index (χ3n) is 2.31. The van der Waals surface area contributed by atoms with Crippen molar-refractivity contribution >= 4 is 23.2 Å². The van der Waals surface area contributed by atoms with Crippen LogP contribution in [-0.2, 0) is 0 Å². The molecule has 0 aliphatic heterocycles. The molecule has 0 aliphatic carbocycles. The number of pyridine rings is 1. The van der Waals surface area contributed by atoms with Crippen molar-refractivity contribution in [2.45, 2.75) is 0 Å². The van der Waals surface area contributed by atoms with Gasteiger partial charge < -0.3 is 5.73 Å². The molecule has 0 unspecified atom stereocenters. The van der Waals surface area contributed by atoms with Crippen molar-refractivity contribution in [1.82, 2.24) is 4.98 Å². The van der Waals surface area contributed by atoms with E-state index in [0.717, 1.165) is 12.1 Å². The molecule has 0 bridgehead atoms. The van der Waals surface area contributed by atoms with Crippen LogP contribution in [0.4, 0.5) is 14.6 Å². The molecule has 0 radical (unpaired) electrons. The van der Waals surface area contributed by atoms with Crippen LogP contribution in [0.15, 0.2) is 30.5 Å². The van der Waals surface area contributed by atoms with E-state index in [0.29, 0.717) is 6.07 Å². The Labute approximate surface area is 106 Å². The zero-order valence-corrected chi connectivity index (χ0v) is 9.71. The maximum Gasteiger partial charge on any atom is 0.199 e. The van der Waals surface area contributed by atoms with E-state index in [1.165, 1.54) is 12.3 Å². The number of ketones is 1. The fraction of sp³-hybridized carbons (Fsp3) is 0. The second-order valence-corrected chi connectivity index (χ2v) is 3.98. The fourth-order valence-corrected chi connectivity index (χ4v) is 1.61. The van der Waals surface area contributed by atoms with Gasteiger partial charge in [-0.05, 0) is 18.2 Å². The van der Waals surface area contributed by atoms with E-state index in [9.17, 15) is 13.6 Å². The summed E-state index contributed by atoms with van der Waals surface area (Å²) >= 11 is 5.69. The third kappa shape index (κ3) is 2.31. The molecule has 3 nitrogen and oxygen atoms in total. The van der Waals surface area contributed by atoms with Crippen molar-refractivity contribution in [3.63, 3.8) is 0 Å². The number of rotatable bonds is 2. The van der Waals surface area contributed by atoms with Crippen molar-refractivity contribution in [3.05, 3.63) is 58.2 Å². The van der Waals surface area contributed by atoms with Gasteiger partial charge in [0.2, 0.25) is 0 Å². The molecule has 2 rings (SSSR count). The van der Waals surface area contributed by atoms with Crippen LogP contribution in [0.1, 0.15) is 15.9 Å². The topological polar surface area (TPSA) is 56.0 Å². The van der Waals surface area contributed by atoms with Gasteiger partial charge in [0.15, 0.2) is 5.78 Å². The Morgan fingerprint density at radius 3 is 2.61 bits per heavy atom. The van der Waals surface area contributed by atoms with E-state index in [4.69, 9.17) is 17.3 Å². The predicted molar refractivity (Wildman–Crippen MR) is 63.4 cm³/mol. The molecule has 1 aromatic carbocycles. The molecule has 2 aromatic rings. The van der Waals surface area contributed by atoms with Crippen molar-refractivity contribution < 1.29 is 13.6 Å².